The summed E-state index contributed by atoms with van der Waals surface area (Å²) in [6, 6.07) is 5.39. The van der Waals surface area contributed by atoms with Crippen LogP contribution in [0.5, 0.6) is 0 Å². The van der Waals surface area contributed by atoms with Crippen molar-refractivity contribution in [1.29, 1.82) is 0 Å². The largest absolute Gasteiger partial charge is 0.310 e. The van der Waals surface area contributed by atoms with Gasteiger partial charge in [-0.15, -0.1) is 0 Å². The highest BCUT2D eigenvalue weighted by Crippen LogP contribution is 2.25. The van der Waals surface area contributed by atoms with Gasteiger partial charge in [-0.3, -0.25) is 0 Å². The molecule has 82 valence electrons. The van der Waals surface area contributed by atoms with Crippen LogP contribution in [0.1, 0.15) is 37.3 Å². The van der Waals surface area contributed by atoms with Crippen molar-refractivity contribution in [2.45, 2.75) is 31.7 Å². The Morgan fingerprint density at radius 2 is 2.13 bits per heavy atom. The van der Waals surface area contributed by atoms with Gasteiger partial charge in [0.05, 0.1) is 5.02 Å². The summed E-state index contributed by atoms with van der Waals surface area (Å²) in [5.41, 5.74) is 1.01. The van der Waals surface area contributed by atoms with Gasteiger partial charge >= 0.3 is 0 Å². The molecule has 1 heterocycles. The van der Waals surface area contributed by atoms with Crippen molar-refractivity contribution in [3.05, 3.63) is 34.6 Å². The second-order valence-corrected chi connectivity index (χ2v) is 4.44. The molecule has 1 atom stereocenters. The topological polar surface area (TPSA) is 12.0 Å². The molecule has 0 aromatic heterocycles. The molecule has 2 rings (SSSR count). The molecule has 0 bridgehead atoms. The monoisotopic (exact) mass is 227 g/mol. The number of hydrogen-bond acceptors (Lipinski definition) is 1. The molecule has 1 fully saturated rings. The Morgan fingerprint density at radius 1 is 1.27 bits per heavy atom. The first kappa shape index (κ1) is 10.9. The normalized spacial score (nSPS) is 22.4. The zero-order chi connectivity index (χ0) is 10.7. The Kier molecular flexibility index (Phi) is 3.60. The average Bonchev–Trinajstić information content (AvgIpc) is 2.50. The third-order valence-corrected chi connectivity index (χ3v) is 3.21. The predicted molar refractivity (Wildman–Crippen MR) is 60.6 cm³/mol. The van der Waals surface area contributed by atoms with Crippen LogP contribution in [0.4, 0.5) is 4.39 Å². The van der Waals surface area contributed by atoms with Crippen molar-refractivity contribution in [3.8, 4) is 0 Å². The van der Waals surface area contributed by atoms with E-state index in [-0.39, 0.29) is 10.8 Å². The number of halogens is 2. The fourth-order valence-electron chi connectivity index (χ4n) is 2.04. The van der Waals surface area contributed by atoms with Crippen LogP contribution in [0.3, 0.4) is 0 Å². The Morgan fingerprint density at radius 3 is 2.93 bits per heavy atom. The van der Waals surface area contributed by atoms with Crippen LogP contribution in [0, 0.1) is 5.82 Å². The number of hydrogen-bond donors (Lipinski definition) is 1. The van der Waals surface area contributed by atoms with Gasteiger partial charge in [-0.2, -0.15) is 0 Å². The predicted octanol–water partition coefficient (Wildman–Crippen LogP) is 3.68. The second-order valence-electron chi connectivity index (χ2n) is 4.03. The lowest BCUT2D eigenvalue weighted by molar-refractivity contribution is 0.529. The molecule has 1 aromatic rings. The molecule has 3 heteroatoms. The van der Waals surface area contributed by atoms with Gasteiger partial charge in [-0.05, 0) is 37.1 Å². The summed E-state index contributed by atoms with van der Waals surface area (Å²) in [4.78, 5) is 0. The summed E-state index contributed by atoms with van der Waals surface area (Å²) >= 11 is 5.66. The lowest BCUT2D eigenvalue weighted by Crippen LogP contribution is -2.20. The maximum atomic E-state index is 13.3. The van der Waals surface area contributed by atoms with Gasteiger partial charge in [0.2, 0.25) is 0 Å². The summed E-state index contributed by atoms with van der Waals surface area (Å²) < 4.78 is 13.3. The van der Waals surface area contributed by atoms with Crippen LogP contribution < -0.4 is 5.32 Å². The summed E-state index contributed by atoms with van der Waals surface area (Å²) in [5.74, 6) is -0.319. The van der Waals surface area contributed by atoms with Crippen LogP contribution >= 0.6 is 11.6 Å². The second kappa shape index (κ2) is 4.95. The molecule has 1 N–H and O–H groups in total. The minimum atomic E-state index is -0.319. The molecule has 0 amide bonds. The first-order chi connectivity index (χ1) is 7.27. The molecule has 0 radical (unpaired) electrons. The molecule has 0 spiro atoms. The van der Waals surface area contributed by atoms with Crippen LogP contribution in [0.15, 0.2) is 18.2 Å². The molecule has 1 saturated heterocycles. The molecular weight excluding hydrogens is 213 g/mol. The van der Waals surface area contributed by atoms with E-state index in [2.05, 4.69) is 5.32 Å². The molecule has 1 aliphatic rings. The van der Waals surface area contributed by atoms with Crippen LogP contribution in [-0.4, -0.2) is 6.54 Å². The summed E-state index contributed by atoms with van der Waals surface area (Å²) in [7, 11) is 0. The fourth-order valence-corrected chi connectivity index (χ4v) is 2.16. The molecule has 0 aliphatic carbocycles. The third kappa shape index (κ3) is 2.70. The Bertz CT molecular complexity index is 332. The van der Waals surface area contributed by atoms with Crippen LogP contribution in [0.25, 0.3) is 0 Å². The van der Waals surface area contributed by atoms with Crippen molar-refractivity contribution in [2.24, 2.45) is 0 Å². The smallest absolute Gasteiger partial charge is 0.142 e. The molecule has 15 heavy (non-hydrogen) atoms. The van der Waals surface area contributed by atoms with E-state index in [1.54, 1.807) is 12.1 Å². The summed E-state index contributed by atoms with van der Waals surface area (Å²) in [6.45, 7) is 1.02. The lowest BCUT2D eigenvalue weighted by atomic mass is 10.0. The number of benzene rings is 1. The highest BCUT2D eigenvalue weighted by atomic mass is 35.5. The van der Waals surface area contributed by atoms with Gasteiger partial charge in [-0.1, -0.05) is 30.5 Å². The van der Waals surface area contributed by atoms with Gasteiger partial charge < -0.3 is 5.32 Å². The molecule has 1 unspecified atom stereocenters. The van der Waals surface area contributed by atoms with Crippen molar-refractivity contribution in [2.75, 3.05) is 6.54 Å². The highest BCUT2D eigenvalue weighted by molar-refractivity contribution is 6.30. The third-order valence-electron chi connectivity index (χ3n) is 2.91. The lowest BCUT2D eigenvalue weighted by Gasteiger charge is -2.16. The van der Waals surface area contributed by atoms with E-state index in [0.717, 1.165) is 18.5 Å². The first-order valence-corrected chi connectivity index (χ1v) is 5.83. The fraction of sp³-hybridized carbons (Fsp3) is 0.500. The highest BCUT2D eigenvalue weighted by Gasteiger charge is 2.14. The number of nitrogens with one attached hydrogen (secondary N) is 1. The molecule has 1 aromatic carbocycles. The first-order valence-electron chi connectivity index (χ1n) is 5.46. The Balaban J connectivity index is 2.16. The maximum absolute atomic E-state index is 13.3. The average molecular weight is 228 g/mol. The van der Waals surface area contributed by atoms with Gasteiger partial charge in [0.25, 0.3) is 0 Å². The van der Waals surface area contributed by atoms with Crippen molar-refractivity contribution in [1.82, 2.24) is 5.32 Å². The van der Waals surface area contributed by atoms with E-state index in [9.17, 15) is 4.39 Å². The molecule has 0 saturated carbocycles. The van der Waals surface area contributed by atoms with E-state index in [0.29, 0.717) is 6.04 Å². The van der Waals surface area contributed by atoms with Gasteiger partial charge in [0.1, 0.15) is 5.82 Å². The number of rotatable bonds is 1. The van der Waals surface area contributed by atoms with Gasteiger partial charge in [0, 0.05) is 6.04 Å². The summed E-state index contributed by atoms with van der Waals surface area (Å²) in [6.07, 6.45) is 4.77. The van der Waals surface area contributed by atoms with Crippen LogP contribution in [0.2, 0.25) is 5.02 Å². The molecule has 1 nitrogen and oxygen atoms in total. The van der Waals surface area contributed by atoms with Crippen molar-refractivity contribution < 1.29 is 4.39 Å². The van der Waals surface area contributed by atoms with E-state index in [1.165, 1.54) is 19.3 Å². The van der Waals surface area contributed by atoms with Gasteiger partial charge in [0.15, 0.2) is 0 Å². The minimum Gasteiger partial charge on any atom is -0.310 e. The van der Waals surface area contributed by atoms with E-state index >= 15 is 0 Å². The zero-order valence-corrected chi connectivity index (χ0v) is 9.36. The Hall–Kier alpha value is -0.600. The minimum absolute atomic E-state index is 0.201. The van der Waals surface area contributed by atoms with E-state index < -0.39 is 0 Å². The van der Waals surface area contributed by atoms with Gasteiger partial charge in [-0.25, -0.2) is 4.39 Å². The van der Waals surface area contributed by atoms with Crippen molar-refractivity contribution >= 4 is 11.6 Å². The quantitative estimate of drug-likeness (QED) is 0.772. The zero-order valence-electron chi connectivity index (χ0n) is 8.60. The SMILES string of the molecule is Fc1cc(C2CCCCCN2)ccc1Cl. The van der Waals surface area contributed by atoms with Crippen LogP contribution in [-0.2, 0) is 0 Å². The Labute approximate surface area is 94.6 Å². The molecule has 1 aliphatic heterocycles. The van der Waals surface area contributed by atoms with Crippen molar-refractivity contribution in [3.63, 3.8) is 0 Å². The van der Waals surface area contributed by atoms with E-state index in [1.807, 2.05) is 6.07 Å². The standard InChI is InChI=1S/C12H15ClFN/c13-10-6-5-9(8-11(10)14)12-4-2-1-3-7-15-12/h5-6,8,12,15H,1-4,7H2. The maximum Gasteiger partial charge on any atom is 0.142 e. The van der Waals surface area contributed by atoms with E-state index in [4.69, 9.17) is 11.6 Å². The summed E-state index contributed by atoms with van der Waals surface area (Å²) in [5, 5.41) is 3.64. The molecular formula is C12H15ClFN.